The Morgan fingerprint density at radius 3 is 2.44 bits per heavy atom. The van der Waals surface area contributed by atoms with Gasteiger partial charge in [-0.05, 0) is 30.3 Å². The number of hydrogen-bond donors (Lipinski definition) is 0. The van der Waals surface area contributed by atoms with Crippen LogP contribution in [-0.4, -0.2) is 0 Å². The van der Waals surface area contributed by atoms with Crippen molar-refractivity contribution in [1.82, 2.24) is 0 Å². The van der Waals surface area contributed by atoms with Gasteiger partial charge >= 0.3 is 0 Å². The molecule has 0 unspecified atom stereocenters. The average Bonchev–Trinajstić information content (AvgIpc) is 2.34. The van der Waals surface area contributed by atoms with Crippen LogP contribution in [0, 0.1) is 17.5 Å². The van der Waals surface area contributed by atoms with E-state index in [-0.39, 0.29) is 22.9 Å². The van der Waals surface area contributed by atoms with Gasteiger partial charge in [0.2, 0.25) is 0 Å². The van der Waals surface area contributed by atoms with Crippen LogP contribution < -0.4 is 4.74 Å². The second-order valence-corrected chi connectivity index (χ2v) is 4.01. The Balaban J connectivity index is 2.11. The lowest BCUT2D eigenvalue weighted by Crippen LogP contribution is -1.99. The standard InChI is InChI=1S/C13H8ClF3O/c14-11-3-2-10(6-13(11)17)18-7-8-5-9(15)1-4-12(8)16/h1-6H,7H2. The molecule has 0 saturated heterocycles. The molecule has 0 aromatic heterocycles. The number of halogens is 4. The Bertz CT molecular complexity index is 572. The van der Waals surface area contributed by atoms with Crippen molar-refractivity contribution >= 4 is 11.6 Å². The van der Waals surface area contributed by atoms with E-state index < -0.39 is 17.5 Å². The van der Waals surface area contributed by atoms with Crippen molar-refractivity contribution in [1.29, 1.82) is 0 Å². The van der Waals surface area contributed by atoms with Crippen molar-refractivity contribution in [2.75, 3.05) is 0 Å². The van der Waals surface area contributed by atoms with Crippen LogP contribution in [0.4, 0.5) is 13.2 Å². The first-order valence-corrected chi connectivity index (χ1v) is 5.46. The lowest BCUT2D eigenvalue weighted by atomic mass is 10.2. The number of rotatable bonds is 3. The minimum atomic E-state index is -0.631. The normalized spacial score (nSPS) is 10.4. The Labute approximate surface area is 107 Å². The molecule has 2 rings (SSSR count). The molecule has 0 bridgehead atoms. The van der Waals surface area contributed by atoms with Crippen molar-refractivity contribution in [3.05, 3.63) is 64.4 Å². The van der Waals surface area contributed by atoms with E-state index in [1.807, 2.05) is 0 Å². The van der Waals surface area contributed by atoms with Gasteiger partial charge in [0, 0.05) is 11.6 Å². The molecule has 0 heterocycles. The van der Waals surface area contributed by atoms with E-state index in [0.29, 0.717) is 0 Å². The maximum Gasteiger partial charge on any atom is 0.145 e. The molecule has 0 N–H and O–H groups in total. The summed E-state index contributed by atoms with van der Waals surface area (Å²) in [4.78, 5) is 0. The van der Waals surface area contributed by atoms with Crippen molar-refractivity contribution < 1.29 is 17.9 Å². The predicted molar refractivity (Wildman–Crippen MR) is 62.1 cm³/mol. The van der Waals surface area contributed by atoms with Crippen LogP contribution in [0.25, 0.3) is 0 Å². The first-order valence-electron chi connectivity index (χ1n) is 5.08. The molecule has 1 nitrogen and oxygen atoms in total. The lowest BCUT2D eigenvalue weighted by Gasteiger charge is -2.07. The largest absolute Gasteiger partial charge is 0.489 e. The Hall–Kier alpha value is -1.68. The molecule has 0 fully saturated rings. The van der Waals surface area contributed by atoms with Gasteiger partial charge in [-0.3, -0.25) is 0 Å². The van der Waals surface area contributed by atoms with Gasteiger partial charge in [-0.25, -0.2) is 13.2 Å². The van der Waals surface area contributed by atoms with E-state index in [4.69, 9.17) is 16.3 Å². The van der Waals surface area contributed by atoms with E-state index in [0.717, 1.165) is 24.3 Å². The predicted octanol–water partition coefficient (Wildman–Crippen LogP) is 4.34. The minimum absolute atomic E-state index is 0.0284. The second-order valence-electron chi connectivity index (χ2n) is 3.60. The van der Waals surface area contributed by atoms with Crippen LogP contribution >= 0.6 is 11.6 Å². The molecule has 0 spiro atoms. The molecule has 18 heavy (non-hydrogen) atoms. The van der Waals surface area contributed by atoms with E-state index in [1.165, 1.54) is 12.1 Å². The molecule has 0 atom stereocenters. The summed E-state index contributed by atoms with van der Waals surface area (Å²) in [6, 6.07) is 6.91. The van der Waals surface area contributed by atoms with Crippen LogP contribution in [0.3, 0.4) is 0 Å². The van der Waals surface area contributed by atoms with E-state index >= 15 is 0 Å². The van der Waals surface area contributed by atoms with Gasteiger partial charge < -0.3 is 4.74 Å². The molecule has 0 saturated carbocycles. The monoisotopic (exact) mass is 272 g/mol. The molecule has 0 radical (unpaired) electrons. The fraction of sp³-hybridized carbons (Fsp3) is 0.0769. The average molecular weight is 273 g/mol. The molecular weight excluding hydrogens is 265 g/mol. The highest BCUT2D eigenvalue weighted by Crippen LogP contribution is 2.21. The van der Waals surface area contributed by atoms with Crippen molar-refractivity contribution in [2.45, 2.75) is 6.61 Å². The van der Waals surface area contributed by atoms with E-state index in [2.05, 4.69) is 0 Å². The SMILES string of the molecule is Fc1ccc(F)c(COc2ccc(Cl)c(F)c2)c1. The van der Waals surface area contributed by atoms with Gasteiger partial charge in [-0.1, -0.05) is 11.6 Å². The zero-order valence-corrected chi connectivity index (χ0v) is 9.85. The number of benzene rings is 2. The molecule has 0 aliphatic rings. The Kier molecular flexibility index (Phi) is 3.77. The van der Waals surface area contributed by atoms with Gasteiger partial charge in [-0.2, -0.15) is 0 Å². The Morgan fingerprint density at radius 1 is 0.944 bits per heavy atom. The highest BCUT2D eigenvalue weighted by molar-refractivity contribution is 6.30. The molecule has 0 aliphatic heterocycles. The smallest absolute Gasteiger partial charge is 0.145 e. The van der Waals surface area contributed by atoms with Crippen molar-refractivity contribution in [3.8, 4) is 5.75 Å². The molecular formula is C13H8ClF3O. The summed E-state index contributed by atoms with van der Waals surface area (Å²) in [6.07, 6.45) is 0. The maximum atomic E-state index is 13.3. The third kappa shape index (κ3) is 2.96. The minimum Gasteiger partial charge on any atom is -0.489 e. The zero-order valence-electron chi connectivity index (χ0n) is 9.09. The van der Waals surface area contributed by atoms with Gasteiger partial charge in [0.15, 0.2) is 0 Å². The van der Waals surface area contributed by atoms with Crippen LogP contribution in [0.5, 0.6) is 5.75 Å². The van der Waals surface area contributed by atoms with Crippen molar-refractivity contribution in [2.24, 2.45) is 0 Å². The van der Waals surface area contributed by atoms with Crippen LogP contribution in [0.2, 0.25) is 5.02 Å². The highest BCUT2D eigenvalue weighted by atomic mass is 35.5. The van der Waals surface area contributed by atoms with Gasteiger partial charge in [0.05, 0.1) is 5.02 Å². The summed E-state index contributed by atoms with van der Waals surface area (Å²) in [5.74, 6) is -1.57. The summed E-state index contributed by atoms with van der Waals surface area (Å²) in [5, 5.41) is -0.0284. The summed E-state index contributed by atoms with van der Waals surface area (Å²) >= 11 is 5.50. The molecule has 0 amide bonds. The van der Waals surface area contributed by atoms with Crippen molar-refractivity contribution in [3.63, 3.8) is 0 Å². The van der Waals surface area contributed by atoms with Gasteiger partial charge in [-0.15, -0.1) is 0 Å². The van der Waals surface area contributed by atoms with Crippen LogP contribution in [0.15, 0.2) is 36.4 Å². The van der Waals surface area contributed by atoms with Gasteiger partial charge in [0.25, 0.3) is 0 Å². The quantitative estimate of drug-likeness (QED) is 0.808. The Morgan fingerprint density at radius 2 is 1.72 bits per heavy atom. The van der Waals surface area contributed by atoms with Crippen LogP contribution in [-0.2, 0) is 6.61 Å². The fourth-order valence-corrected chi connectivity index (χ4v) is 1.50. The second kappa shape index (κ2) is 5.31. The number of hydrogen-bond acceptors (Lipinski definition) is 1. The summed E-state index contributed by atoms with van der Waals surface area (Å²) in [6.45, 7) is -0.190. The molecule has 94 valence electrons. The third-order valence-electron chi connectivity index (χ3n) is 2.29. The van der Waals surface area contributed by atoms with E-state index in [9.17, 15) is 13.2 Å². The maximum absolute atomic E-state index is 13.3. The third-order valence-corrected chi connectivity index (χ3v) is 2.60. The first kappa shape index (κ1) is 12.8. The molecule has 2 aromatic carbocycles. The zero-order chi connectivity index (χ0) is 13.1. The summed E-state index contributed by atoms with van der Waals surface area (Å²) in [5.41, 5.74) is 0.0605. The topological polar surface area (TPSA) is 9.23 Å². The fourth-order valence-electron chi connectivity index (χ4n) is 1.38. The van der Waals surface area contributed by atoms with Crippen LogP contribution in [0.1, 0.15) is 5.56 Å². The molecule has 2 aromatic rings. The lowest BCUT2D eigenvalue weighted by molar-refractivity contribution is 0.297. The first-order chi connectivity index (χ1) is 8.56. The summed E-state index contributed by atoms with van der Waals surface area (Å²) < 4.78 is 44.4. The molecule has 5 heteroatoms. The summed E-state index contributed by atoms with van der Waals surface area (Å²) in [7, 11) is 0. The molecule has 0 aliphatic carbocycles. The highest BCUT2D eigenvalue weighted by Gasteiger charge is 2.06. The number of ether oxygens (including phenoxy) is 1. The van der Waals surface area contributed by atoms with E-state index in [1.54, 1.807) is 0 Å². The van der Waals surface area contributed by atoms with Gasteiger partial charge in [0.1, 0.15) is 29.8 Å².